The highest BCUT2D eigenvalue weighted by atomic mass is 16.5. The largest absolute Gasteiger partial charge is 0.494 e. The zero-order valence-corrected chi connectivity index (χ0v) is 13.2. The first-order chi connectivity index (χ1) is 10.9. The maximum Gasteiger partial charge on any atom is 0.119 e. The highest BCUT2D eigenvalue weighted by Gasteiger charge is 2.22. The topological polar surface area (TPSA) is 12.5 Å². The minimum atomic E-state index is 0.651. The van der Waals surface area contributed by atoms with Crippen molar-refractivity contribution in [3.8, 4) is 5.75 Å². The molecule has 0 saturated carbocycles. The fourth-order valence-corrected chi connectivity index (χ4v) is 3.24. The molecule has 0 spiro atoms. The zero-order chi connectivity index (χ0) is 15.0. The van der Waals surface area contributed by atoms with Crippen LogP contribution in [-0.4, -0.2) is 24.1 Å². The first kappa shape index (κ1) is 15.1. The molecule has 1 atom stereocenters. The van der Waals surface area contributed by atoms with E-state index in [4.69, 9.17) is 4.74 Å². The SMILES string of the molecule is c1ccc(CN2CCCCC2CCOc2ccccc2)cc1. The number of hydrogen-bond acceptors (Lipinski definition) is 2. The lowest BCUT2D eigenvalue weighted by atomic mass is 9.99. The average Bonchev–Trinajstić information content (AvgIpc) is 2.58. The molecule has 1 fully saturated rings. The van der Waals surface area contributed by atoms with Crippen LogP contribution >= 0.6 is 0 Å². The average molecular weight is 295 g/mol. The van der Waals surface area contributed by atoms with Gasteiger partial charge in [-0.25, -0.2) is 0 Å². The van der Waals surface area contributed by atoms with E-state index in [-0.39, 0.29) is 0 Å². The van der Waals surface area contributed by atoms with Crippen LogP contribution in [0.3, 0.4) is 0 Å². The van der Waals surface area contributed by atoms with Crippen LogP contribution in [0.5, 0.6) is 5.75 Å². The van der Waals surface area contributed by atoms with Gasteiger partial charge in [-0.3, -0.25) is 4.90 Å². The molecule has 116 valence electrons. The molecule has 1 aliphatic rings. The molecule has 0 aliphatic carbocycles. The first-order valence-corrected chi connectivity index (χ1v) is 8.37. The third kappa shape index (κ3) is 4.35. The van der Waals surface area contributed by atoms with Gasteiger partial charge in [0, 0.05) is 12.6 Å². The summed E-state index contributed by atoms with van der Waals surface area (Å²) in [6.45, 7) is 3.09. The molecule has 0 N–H and O–H groups in total. The van der Waals surface area contributed by atoms with Crippen LogP contribution in [0.4, 0.5) is 0 Å². The maximum absolute atomic E-state index is 5.88. The van der Waals surface area contributed by atoms with Crippen molar-refractivity contribution in [3.05, 3.63) is 66.2 Å². The molecule has 2 nitrogen and oxygen atoms in total. The van der Waals surface area contributed by atoms with Gasteiger partial charge in [0.1, 0.15) is 5.75 Å². The molecule has 1 unspecified atom stereocenters. The Morgan fingerprint density at radius 1 is 0.909 bits per heavy atom. The van der Waals surface area contributed by atoms with Crippen molar-refractivity contribution in [2.24, 2.45) is 0 Å². The lowest BCUT2D eigenvalue weighted by Gasteiger charge is -2.35. The summed E-state index contributed by atoms with van der Waals surface area (Å²) in [6.07, 6.45) is 5.08. The predicted octanol–water partition coefficient (Wildman–Crippen LogP) is 4.51. The minimum Gasteiger partial charge on any atom is -0.494 e. The number of likely N-dealkylation sites (tertiary alicyclic amines) is 1. The van der Waals surface area contributed by atoms with Crippen molar-refractivity contribution >= 4 is 0 Å². The maximum atomic E-state index is 5.88. The number of nitrogens with zero attached hydrogens (tertiary/aromatic N) is 1. The van der Waals surface area contributed by atoms with Gasteiger partial charge in [0.15, 0.2) is 0 Å². The van der Waals surface area contributed by atoms with Crippen LogP contribution in [0, 0.1) is 0 Å². The fraction of sp³-hybridized carbons (Fsp3) is 0.400. The highest BCUT2D eigenvalue weighted by Crippen LogP contribution is 2.22. The van der Waals surface area contributed by atoms with E-state index in [2.05, 4.69) is 35.2 Å². The van der Waals surface area contributed by atoms with Crippen LogP contribution < -0.4 is 4.74 Å². The lowest BCUT2D eigenvalue weighted by Crippen LogP contribution is -2.39. The normalized spacial score (nSPS) is 19.0. The molecular formula is C20H25NO. The Kier molecular flexibility index (Phi) is 5.49. The Balaban J connectivity index is 1.51. The molecule has 1 aliphatic heterocycles. The molecule has 22 heavy (non-hydrogen) atoms. The van der Waals surface area contributed by atoms with E-state index in [9.17, 15) is 0 Å². The molecule has 2 aromatic carbocycles. The molecule has 1 saturated heterocycles. The van der Waals surface area contributed by atoms with E-state index < -0.39 is 0 Å². The van der Waals surface area contributed by atoms with Gasteiger partial charge in [0.25, 0.3) is 0 Å². The second-order valence-corrected chi connectivity index (χ2v) is 6.06. The molecule has 0 bridgehead atoms. The second kappa shape index (κ2) is 8.00. The summed E-state index contributed by atoms with van der Waals surface area (Å²) in [5.41, 5.74) is 1.42. The molecule has 0 radical (unpaired) electrons. The quantitative estimate of drug-likeness (QED) is 0.777. The van der Waals surface area contributed by atoms with Gasteiger partial charge in [0.2, 0.25) is 0 Å². The molecule has 2 aromatic rings. The van der Waals surface area contributed by atoms with Crippen LogP contribution in [-0.2, 0) is 6.54 Å². The first-order valence-electron chi connectivity index (χ1n) is 8.37. The van der Waals surface area contributed by atoms with Gasteiger partial charge in [-0.05, 0) is 43.5 Å². The van der Waals surface area contributed by atoms with Gasteiger partial charge >= 0.3 is 0 Å². The molecule has 0 aromatic heterocycles. The van der Waals surface area contributed by atoms with Crippen molar-refractivity contribution in [2.75, 3.05) is 13.2 Å². The van der Waals surface area contributed by atoms with Gasteiger partial charge < -0.3 is 4.74 Å². The Bertz CT molecular complexity index is 540. The van der Waals surface area contributed by atoms with Crippen molar-refractivity contribution in [1.82, 2.24) is 4.90 Å². The summed E-state index contributed by atoms with van der Waals surface area (Å²) in [7, 11) is 0. The van der Waals surface area contributed by atoms with E-state index in [0.717, 1.165) is 25.3 Å². The van der Waals surface area contributed by atoms with Crippen LogP contribution in [0.15, 0.2) is 60.7 Å². The highest BCUT2D eigenvalue weighted by molar-refractivity contribution is 5.20. The molecule has 1 heterocycles. The van der Waals surface area contributed by atoms with Gasteiger partial charge in [-0.1, -0.05) is 55.0 Å². The van der Waals surface area contributed by atoms with Gasteiger partial charge in [0.05, 0.1) is 6.61 Å². The summed E-state index contributed by atoms with van der Waals surface area (Å²) in [4.78, 5) is 2.63. The summed E-state index contributed by atoms with van der Waals surface area (Å²) >= 11 is 0. The summed E-state index contributed by atoms with van der Waals surface area (Å²) in [5, 5.41) is 0. The number of hydrogen-bond donors (Lipinski definition) is 0. The zero-order valence-electron chi connectivity index (χ0n) is 13.2. The third-order valence-corrected chi connectivity index (χ3v) is 4.44. The van der Waals surface area contributed by atoms with Crippen LogP contribution in [0.25, 0.3) is 0 Å². The van der Waals surface area contributed by atoms with Crippen molar-refractivity contribution in [3.63, 3.8) is 0 Å². The van der Waals surface area contributed by atoms with E-state index in [1.54, 1.807) is 0 Å². The van der Waals surface area contributed by atoms with E-state index in [1.165, 1.54) is 31.4 Å². The predicted molar refractivity (Wildman–Crippen MR) is 91.0 cm³/mol. The number of benzene rings is 2. The Morgan fingerprint density at radius 3 is 2.41 bits per heavy atom. The molecular weight excluding hydrogens is 270 g/mol. The number of para-hydroxylation sites is 1. The molecule has 0 amide bonds. The standard InChI is InChI=1S/C20H25NO/c1-3-9-18(10-4-1)17-21-15-8-7-11-19(21)14-16-22-20-12-5-2-6-13-20/h1-6,9-10,12-13,19H,7-8,11,14-17H2. The molecule has 2 heteroatoms. The monoisotopic (exact) mass is 295 g/mol. The van der Waals surface area contributed by atoms with Gasteiger partial charge in [-0.2, -0.15) is 0 Å². The lowest BCUT2D eigenvalue weighted by molar-refractivity contribution is 0.116. The fourth-order valence-electron chi connectivity index (χ4n) is 3.24. The van der Waals surface area contributed by atoms with Crippen LogP contribution in [0.2, 0.25) is 0 Å². The van der Waals surface area contributed by atoms with Crippen LogP contribution in [0.1, 0.15) is 31.2 Å². The Labute approximate surface area is 133 Å². The number of rotatable bonds is 6. The molecule has 3 rings (SSSR count). The van der Waals surface area contributed by atoms with Crippen molar-refractivity contribution < 1.29 is 4.74 Å². The summed E-state index contributed by atoms with van der Waals surface area (Å²) in [5.74, 6) is 0.980. The summed E-state index contributed by atoms with van der Waals surface area (Å²) in [6, 6.07) is 21.6. The third-order valence-electron chi connectivity index (χ3n) is 4.44. The minimum absolute atomic E-state index is 0.651. The number of piperidine rings is 1. The Hall–Kier alpha value is -1.80. The number of ether oxygens (including phenoxy) is 1. The van der Waals surface area contributed by atoms with E-state index >= 15 is 0 Å². The Morgan fingerprint density at radius 2 is 1.64 bits per heavy atom. The van der Waals surface area contributed by atoms with Crippen molar-refractivity contribution in [2.45, 2.75) is 38.3 Å². The second-order valence-electron chi connectivity index (χ2n) is 6.06. The van der Waals surface area contributed by atoms with E-state index in [1.807, 2.05) is 30.3 Å². The van der Waals surface area contributed by atoms with E-state index in [0.29, 0.717) is 6.04 Å². The van der Waals surface area contributed by atoms with Crippen molar-refractivity contribution in [1.29, 1.82) is 0 Å². The summed E-state index contributed by atoms with van der Waals surface area (Å²) < 4.78 is 5.88. The van der Waals surface area contributed by atoms with Gasteiger partial charge in [-0.15, -0.1) is 0 Å². The smallest absolute Gasteiger partial charge is 0.119 e.